The molecule has 1 fully saturated rings. The molecule has 1 aliphatic carbocycles. The molecule has 0 atom stereocenters. The first kappa shape index (κ1) is 29.1. The van der Waals surface area contributed by atoms with Crippen LogP contribution in [0.3, 0.4) is 0 Å². The second-order valence-electron chi connectivity index (χ2n) is 14.0. The van der Waals surface area contributed by atoms with Crippen LogP contribution >= 0.6 is 0 Å². The van der Waals surface area contributed by atoms with Gasteiger partial charge in [0, 0.05) is 21.9 Å². The molecule has 1 aromatic heterocycles. The van der Waals surface area contributed by atoms with Crippen LogP contribution in [0.2, 0.25) is 0 Å². The molecule has 0 bridgehead atoms. The Labute approximate surface area is 293 Å². The average molecular weight is 644 g/mol. The number of fused-ring (bicyclic) bond motifs is 7. The van der Waals surface area contributed by atoms with Gasteiger partial charge in [-0.1, -0.05) is 128 Å². The standard InChI is InChI=1S/C48H37NO/c1-4-12-33(13-5-1)35-18-23-39(24-19-35)49-44-25-20-37(34-14-6-2-7-15-34)31-42(44)48(28-10-3-11-29-48)43-32-38(21-26-45(43)49)36-22-27-47-41(30-36)40-16-8-9-17-46(40)50-47/h1-2,4-9,12-27,30-32H,3,10-11,28-29H2. The summed E-state index contributed by atoms with van der Waals surface area (Å²) in [4.78, 5) is 2.52. The molecule has 2 heteroatoms. The van der Waals surface area contributed by atoms with Crippen molar-refractivity contribution in [3.8, 4) is 33.4 Å². The van der Waals surface area contributed by atoms with Crippen molar-refractivity contribution in [2.45, 2.75) is 37.5 Å². The fraction of sp³-hybridized carbons (Fsp3) is 0.125. The van der Waals surface area contributed by atoms with E-state index in [-0.39, 0.29) is 5.41 Å². The molecular weight excluding hydrogens is 607 g/mol. The van der Waals surface area contributed by atoms with Crippen molar-refractivity contribution >= 4 is 39.0 Å². The van der Waals surface area contributed by atoms with Gasteiger partial charge in [0.25, 0.3) is 0 Å². The predicted molar refractivity (Wildman–Crippen MR) is 209 cm³/mol. The van der Waals surface area contributed by atoms with Crippen LogP contribution in [-0.2, 0) is 5.41 Å². The van der Waals surface area contributed by atoms with Crippen LogP contribution in [0.15, 0.2) is 168 Å². The second kappa shape index (κ2) is 11.6. The highest BCUT2D eigenvalue weighted by Gasteiger charge is 2.44. The SMILES string of the molecule is c1ccc(-c2ccc(N3c4ccc(-c5ccccc5)cc4C4(CCCCC4)c4cc(-c5ccc6oc7ccccc7c6c5)ccc43)cc2)cc1. The third-order valence-corrected chi connectivity index (χ3v) is 11.3. The Morgan fingerprint density at radius 1 is 0.400 bits per heavy atom. The molecule has 1 spiro atoms. The summed E-state index contributed by atoms with van der Waals surface area (Å²) >= 11 is 0. The molecule has 2 nitrogen and oxygen atoms in total. The van der Waals surface area contributed by atoms with Crippen LogP contribution in [0, 0.1) is 0 Å². The molecule has 2 aliphatic rings. The molecule has 0 N–H and O–H groups in total. The monoisotopic (exact) mass is 643 g/mol. The third-order valence-electron chi connectivity index (χ3n) is 11.3. The number of nitrogens with zero attached hydrogens (tertiary/aromatic N) is 1. The molecule has 2 heterocycles. The number of benzene rings is 7. The van der Waals surface area contributed by atoms with Crippen molar-refractivity contribution < 1.29 is 4.42 Å². The smallest absolute Gasteiger partial charge is 0.135 e. The number of furan rings is 1. The van der Waals surface area contributed by atoms with Gasteiger partial charge in [-0.25, -0.2) is 0 Å². The summed E-state index contributed by atoms with van der Waals surface area (Å²) in [5, 5.41) is 2.33. The molecule has 0 saturated heterocycles. The summed E-state index contributed by atoms with van der Waals surface area (Å²) in [6.07, 6.45) is 6.07. The van der Waals surface area contributed by atoms with Gasteiger partial charge >= 0.3 is 0 Å². The zero-order valence-corrected chi connectivity index (χ0v) is 28.0. The molecule has 0 radical (unpaired) electrons. The zero-order valence-electron chi connectivity index (χ0n) is 28.0. The lowest BCUT2D eigenvalue weighted by Crippen LogP contribution is -2.37. The van der Waals surface area contributed by atoms with E-state index >= 15 is 0 Å². The molecule has 8 aromatic rings. The highest BCUT2D eigenvalue weighted by molar-refractivity contribution is 6.06. The Morgan fingerprint density at radius 3 is 1.58 bits per heavy atom. The van der Waals surface area contributed by atoms with Crippen molar-refractivity contribution in [2.24, 2.45) is 0 Å². The topological polar surface area (TPSA) is 16.4 Å². The average Bonchev–Trinajstić information content (AvgIpc) is 3.57. The van der Waals surface area contributed by atoms with Gasteiger partial charge in [-0.2, -0.15) is 0 Å². The fourth-order valence-electron chi connectivity index (χ4n) is 8.80. The Hall–Kier alpha value is -5.86. The van der Waals surface area contributed by atoms with Crippen molar-refractivity contribution in [2.75, 3.05) is 4.90 Å². The van der Waals surface area contributed by atoms with Gasteiger partial charge < -0.3 is 9.32 Å². The van der Waals surface area contributed by atoms with Crippen LogP contribution in [0.5, 0.6) is 0 Å². The normalized spacial score (nSPS) is 14.9. The molecule has 240 valence electrons. The van der Waals surface area contributed by atoms with E-state index in [4.69, 9.17) is 4.42 Å². The summed E-state index contributed by atoms with van der Waals surface area (Å²) in [6, 6.07) is 60.2. The summed E-state index contributed by atoms with van der Waals surface area (Å²) in [7, 11) is 0. The first-order valence-corrected chi connectivity index (χ1v) is 18.0. The van der Waals surface area contributed by atoms with E-state index in [9.17, 15) is 0 Å². The van der Waals surface area contributed by atoms with Crippen LogP contribution in [0.1, 0.15) is 43.2 Å². The lowest BCUT2D eigenvalue weighted by atomic mass is 9.62. The Bertz CT molecular complexity index is 2500. The minimum Gasteiger partial charge on any atom is -0.456 e. The predicted octanol–water partition coefficient (Wildman–Crippen LogP) is 13.6. The molecule has 7 aromatic carbocycles. The van der Waals surface area contributed by atoms with Gasteiger partial charge in [0.1, 0.15) is 11.2 Å². The van der Waals surface area contributed by atoms with Crippen LogP contribution < -0.4 is 4.90 Å². The number of rotatable bonds is 4. The van der Waals surface area contributed by atoms with E-state index in [0.717, 1.165) is 24.0 Å². The minimum atomic E-state index is -0.0589. The number of anilines is 3. The summed E-state index contributed by atoms with van der Waals surface area (Å²) in [5.41, 5.74) is 16.0. The number of hydrogen-bond acceptors (Lipinski definition) is 2. The van der Waals surface area contributed by atoms with E-state index in [1.54, 1.807) is 0 Å². The number of hydrogen-bond donors (Lipinski definition) is 0. The molecule has 50 heavy (non-hydrogen) atoms. The highest BCUT2D eigenvalue weighted by Crippen LogP contribution is 2.58. The summed E-state index contributed by atoms with van der Waals surface area (Å²) in [6.45, 7) is 0. The highest BCUT2D eigenvalue weighted by atomic mass is 16.3. The van der Waals surface area contributed by atoms with Crippen molar-refractivity contribution in [1.29, 1.82) is 0 Å². The van der Waals surface area contributed by atoms with Gasteiger partial charge in [0.15, 0.2) is 0 Å². The zero-order chi connectivity index (χ0) is 33.1. The second-order valence-corrected chi connectivity index (χ2v) is 14.0. The van der Waals surface area contributed by atoms with E-state index in [1.807, 2.05) is 6.07 Å². The minimum absolute atomic E-state index is 0.0589. The lowest BCUT2D eigenvalue weighted by Gasteiger charge is -2.48. The summed E-state index contributed by atoms with van der Waals surface area (Å²) < 4.78 is 6.20. The molecular formula is C48H37NO. The molecule has 1 aliphatic heterocycles. The van der Waals surface area contributed by atoms with Gasteiger partial charge in [0.2, 0.25) is 0 Å². The van der Waals surface area contributed by atoms with Crippen molar-refractivity contribution in [3.63, 3.8) is 0 Å². The maximum Gasteiger partial charge on any atom is 0.135 e. The van der Waals surface area contributed by atoms with Crippen molar-refractivity contribution in [1.82, 2.24) is 0 Å². The molecule has 1 saturated carbocycles. The Kier molecular flexibility index (Phi) is 6.77. The maximum absolute atomic E-state index is 6.20. The summed E-state index contributed by atoms with van der Waals surface area (Å²) in [5.74, 6) is 0. The van der Waals surface area contributed by atoms with Crippen LogP contribution in [0.25, 0.3) is 55.3 Å². The van der Waals surface area contributed by atoms with Gasteiger partial charge in [-0.15, -0.1) is 0 Å². The van der Waals surface area contributed by atoms with E-state index in [2.05, 4.69) is 163 Å². The third kappa shape index (κ3) is 4.63. The molecule has 0 amide bonds. The fourth-order valence-corrected chi connectivity index (χ4v) is 8.80. The van der Waals surface area contributed by atoms with Gasteiger partial charge in [-0.3, -0.25) is 0 Å². The van der Waals surface area contributed by atoms with Crippen LogP contribution in [-0.4, -0.2) is 0 Å². The van der Waals surface area contributed by atoms with Crippen LogP contribution in [0.4, 0.5) is 17.1 Å². The molecule has 0 unspecified atom stereocenters. The maximum atomic E-state index is 6.20. The van der Waals surface area contributed by atoms with Gasteiger partial charge in [0.05, 0.1) is 11.4 Å². The van der Waals surface area contributed by atoms with E-state index in [0.29, 0.717) is 0 Å². The Balaban J connectivity index is 1.18. The number of para-hydroxylation sites is 1. The van der Waals surface area contributed by atoms with E-state index < -0.39 is 0 Å². The van der Waals surface area contributed by atoms with E-state index in [1.165, 1.54) is 91.6 Å². The van der Waals surface area contributed by atoms with Gasteiger partial charge in [-0.05, 0) is 112 Å². The largest absolute Gasteiger partial charge is 0.456 e. The first-order chi connectivity index (χ1) is 24.7. The quantitative estimate of drug-likeness (QED) is 0.190. The first-order valence-electron chi connectivity index (χ1n) is 18.0. The Morgan fingerprint density at radius 2 is 0.900 bits per heavy atom. The lowest BCUT2D eigenvalue weighted by molar-refractivity contribution is 0.344. The van der Waals surface area contributed by atoms with Crippen molar-refractivity contribution in [3.05, 3.63) is 175 Å². The molecule has 10 rings (SSSR count).